The number of nitrogens with zero attached hydrogens (tertiary/aromatic N) is 2. The molecule has 8 heteroatoms. The highest BCUT2D eigenvalue weighted by atomic mass is 32.2. The van der Waals surface area contributed by atoms with Crippen LogP contribution in [-0.4, -0.2) is 45.8 Å². The number of thioether (sulfide) groups is 1. The summed E-state index contributed by atoms with van der Waals surface area (Å²) in [5.41, 5.74) is 0.798. The quantitative estimate of drug-likeness (QED) is 0.321. The number of amides is 2. The van der Waals surface area contributed by atoms with Crippen LogP contribution in [0.25, 0.3) is 6.08 Å². The topological polar surface area (TPSA) is 60.9 Å². The van der Waals surface area contributed by atoms with E-state index < -0.39 is 0 Å². The highest BCUT2D eigenvalue weighted by Crippen LogP contribution is 2.33. The third kappa shape index (κ3) is 6.01. The maximum Gasteiger partial charge on any atom is 0.266 e. The first kappa shape index (κ1) is 22.7. The van der Waals surface area contributed by atoms with E-state index in [0.29, 0.717) is 22.2 Å². The fourth-order valence-electron chi connectivity index (χ4n) is 3.16. The zero-order valence-electron chi connectivity index (χ0n) is 16.5. The molecule has 0 aliphatic carbocycles. The Kier molecular flexibility index (Phi) is 8.62. The summed E-state index contributed by atoms with van der Waals surface area (Å²) in [4.78, 5) is 30.2. The molecule has 1 saturated heterocycles. The number of unbranched alkanes of at least 4 members (excludes halogenated alkanes) is 2. The van der Waals surface area contributed by atoms with E-state index in [9.17, 15) is 14.7 Å². The average Bonchev–Trinajstić information content (AvgIpc) is 3.35. The first-order valence-electron chi connectivity index (χ1n) is 9.85. The number of anilines is 1. The predicted molar refractivity (Wildman–Crippen MR) is 129 cm³/mol. The molecule has 1 N–H and O–H groups in total. The smallest absolute Gasteiger partial charge is 0.266 e. The summed E-state index contributed by atoms with van der Waals surface area (Å²) in [6.45, 7) is 0.782. The molecule has 0 radical (unpaired) electrons. The van der Waals surface area contributed by atoms with Gasteiger partial charge in [-0.25, -0.2) is 0 Å². The van der Waals surface area contributed by atoms with Gasteiger partial charge >= 0.3 is 0 Å². The van der Waals surface area contributed by atoms with Crippen LogP contribution in [-0.2, 0) is 9.59 Å². The molecule has 1 aliphatic heterocycles. The summed E-state index contributed by atoms with van der Waals surface area (Å²) in [5, 5.41) is 11.3. The van der Waals surface area contributed by atoms with Crippen LogP contribution in [0.3, 0.4) is 0 Å². The molecule has 2 aromatic rings. The Morgan fingerprint density at radius 3 is 2.63 bits per heavy atom. The Bertz CT molecular complexity index is 898. The van der Waals surface area contributed by atoms with Gasteiger partial charge in [-0.3, -0.25) is 14.5 Å². The molecule has 0 atom stereocenters. The zero-order valence-corrected chi connectivity index (χ0v) is 19.0. The van der Waals surface area contributed by atoms with Gasteiger partial charge in [0.15, 0.2) is 0 Å². The number of hydrogen-bond donors (Lipinski definition) is 1. The SMILES string of the molecule is O=C1C(=Cc2cccs2)SC(=S)N1CCCCCC(=O)N(CCO)c1ccccc1. The van der Waals surface area contributed by atoms with Gasteiger partial charge in [0, 0.05) is 30.1 Å². The number of rotatable bonds is 10. The van der Waals surface area contributed by atoms with Gasteiger partial charge in [0.05, 0.1) is 11.5 Å². The van der Waals surface area contributed by atoms with Crippen LogP contribution in [0.2, 0.25) is 0 Å². The number of carbonyl (C=O) groups excluding carboxylic acids is 2. The number of thiocarbonyl (C=S) groups is 1. The molecular formula is C22H24N2O3S3. The van der Waals surface area contributed by atoms with Crippen molar-refractivity contribution in [1.29, 1.82) is 0 Å². The fraction of sp³-hybridized carbons (Fsp3) is 0.318. The maximum atomic E-state index is 12.6. The van der Waals surface area contributed by atoms with Crippen LogP contribution in [0.4, 0.5) is 5.69 Å². The highest BCUT2D eigenvalue weighted by molar-refractivity contribution is 8.26. The van der Waals surface area contributed by atoms with Crippen molar-refractivity contribution in [2.24, 2.45) is 0 Å². The van der Waals surface area contributed by atoms with Crippen molar-refractivity contribution in [2.45, 2.75) is 25.7 Å². The van der Waals surface area contributed by atoms with Crippen LogP contribution in [0.15, 0.2) is 52.7 Å². The third-order valence-corrected chi connectivity index (χ3v) is 6.85. The molecule has 5 nitrogen and oxygen atoms in total. The Morgan fingerprint density at radius 1 is 1.13 bits per heavy atom. The third-order valence-electron chi connectivity index (χ3n) is 4.66. The number of aliphatic hydroxyl groups excluding tert-OH is 1. The van der Waals surface area contributed by atoms with E-state index in [2.05, 4.69) is 0 Å². The van der Waals surface area contributed by atoms with E-state index >= 15 is 0 Å². The van der Waals surface area contributed by atoms with Crippen molar-refractivity contribution >= 4 is 63.2 Å². The van der Waals surface area contributed by atoms with Gasteiger partial charge in [0.2, 0.25) is 5.91 Å². The first-order chi connectivity index (χ1) is 14.6. The summed E-state index contributed by atoms with van der Waals surface area (Å²) >= 11 is 8.31. The molecule has 2 heterocycles. The lowest BCUT2D eigenvalue weighted by Gasteiger charge is -2.22. The molecule has 30 heavy (non-hydrogen) atoms. The normalized spacial score (nSPS) is 15.2. The molecule has 0 unspecified atom stereocenters. The minimum absolute atomic E-state index is 0.000238. The van der Waals surface area contributed by atoms with Gasteiger partial charge in [0.1, 0.15) is 4.32 Å². The van der Waals surface area contributed by atoms with Gasteiger partial charge in [-0.15, -0.1) is 11.3 Å². The molecule has 0 saturated carbocycles. The maximum absolute atomic E-state index is 12.6. The Labute approximate surface area is 190 Å². The molecule has 1 aliphatic rings. The Morgan fingerprint density at radius 2 is 1.93 bits per heavy atom. The minimum Gasteiger partial charge on any atom is -0.395 e. The molecule has 1 fully saturated rings. The second kappa shape index (κ2) is 11.4. The molecule has 0 spiro atoms. The lowest BCUT2D eigenvalue weighted by Crippen LogP contribution is -2.33. The van der Waals surface area contributed by atoms with Crippen LogP contribution in [0.1, 0.15) is 30.6 Å². The van der Waals surface area contributed by atoms with E-state index in [1.165, 1.54) is 11.8 Å². The zero-order chi connectivity index (χ0) is 21.3. The summed E-state index contributed by atoms with van der Waals surface area (Å²) in [6, 6.07) is 13.3. The lowest BCUT2D eigenvalue weighted by molar-refractivity contribution is -0.122. The van der Waals surface area contributed by atoms with Crippen molar-refractivity contribution in [1.82, 2.24) is 4.90 Å². The van der Waals surface area contributed by atoms with Gasteiger partial charge in [0.25, 0.3) is 5.91 Å². The molecule has 3 rings (SSSR count). The second-order valence-electron chi connectivity index (χ2n) is 6.76. The van der Waals surface area contributed by atoms with Crippen molar-refractivity contribution < 1.29 is 14.7 Å². The molecule has 158 valence electrons. The number of carbonyl (C=O) groups is 2. The monoisotopic (exact) mass is 460 g/mol. The summed E-state index contributed by atoms with van der Waals surface area (Å²) in [7, 11) is 0. The van der Waals surface area contributed by atoms with Crippen molar-refractivity contribution in [3.8, 4) is 0 Å². The first-order valence-corrected chi connectivity index (χ1v) is 12.0. The van der Waals surface area contributed by atoms with E-state index in [1.54, 1.807) is 21.1 Å². The minimum atomic E-state index is -0.0753. The molecule has 1 aromatic heterocycles. The van der Waals surface area contributed by atoms with Crippen molar-refractivity contribution in [2.75, 3.05) is 24.6 Å². The largest absolute Gasteiger partial charge is 0.395 e. The van der Waals surface area contributed by atoms with Gasteiger partial charge in [-0.2, -0.15) is 0 Å². The van der Waals surface area contributed by atoms with E-state index in [4.69, 9.17) is 12.2 Å². The van der Waals surface area contributed by atoms with E-state index in [-0.39, 0.29) is 25.0 Å². The Hall–Kier alpha value is -2.00. The fourth-order valence-corrected chi connectivity index (χ4v) is 5.19. The number of aliphatic hydroxyl groups is 1. The van der Waals surface area contributed by atoms with Crippen LogP contribution in [0.5, 0.6) is 0 Å². The molecule has 2 amide bonds. The number of benzene rings is 1. The summed E-state index contributed by atoms with van der Waals surface area (Å²) < 4.78 is 0.595. The van der Waals surface area contributed by atoms with Crippen molar-refractivity contribution in [3.63, 3.8) is 0 Å². The average molecular weight is 461 g/mol. The number of para-hydroxylation sites is 1. The van der Waals surface area contributed by atoms with Gasteiger partial charge in [-0.1, -0.05) is 54.7 Å². The van der Waals surface area contributed by atoms with Crippen LogP contribution >= 0.6 is 35.3 Å². The van der Waals surface area contributed by atoms with Crippen LogP contribution < -0.4 is 4.90 Å². The van der Waals surface area contributed by atoms with Gasteiger partial charge < -0.3 is 10.0 Å². The summed E-state index contributed by atoms with van der Waals surface area (Å²) in [6.07, 6.45) is 4.65. The standard InChI is InChI=1S/C22H24N2O3S3/c25-14-13-23(17-8-3-1-4-9-17)20(26)11-5-2-6-12-24-21(27)19(30-22(24)28)16-18-10-7-15-29-18/h1,3-4,7-10,15-16,25H,2,5-6,11-14H2. The van der Waals surface area contributed by atoms with Gasteiger partial charge in [-0.05, 0) is 42.5 Å². The van der Waals surface area contributed by atoms with E-state index in [1.807, 2.05) is 53.9 Å². The van der Waals surface area contributed by atoms with E-state index in [0.717, 1.165) is 29.8 Å². The number of thiophene rings is 1. The lowest BCUT2D eigenvalue weighted by atomic mass is 10.1. The molecule has 0 bridgehead atoms. The number of hydrogen-bond acceptors (Lipinski definition) is 6. The molecular weight excluding hydrogens is 436 g/mol. The van der Waals surface area contributed by atoms with Crippen molar-refractivity contribution in [3.05, 3.63) is 57.6 Å². The predicted octanol–water partition coefficient (Wildman–Crippen LogP) is 4.54. The highest BCUT2D eigenvalue weighted by Gasteiger charge is 2.31. The Balaban J connectivity index is 1.44. The van der Waals surface area contributed by atoms with Crippen LogP contribution in [0, 0.1) is 0 Å². The second-order valence-corrected chi connectivity index (χ2v) is 9.42. The molecule has 1 aromatic carbocycles. The summed E-state index contributed by atoms with van der Waals surface area (Å²) in [5.74, 6) is -0.0348.